The van der Waals surface area contributed by atoms with Crippen LogP contribution in [0.4, 0.5) is 5.69 Å². The van der Waals surface area contributed by atoms with E-state index in [0.717, 1.165) is 39.0 Å². The largest absolute Gasteiger partial charge is 0.457 e. The molecule has 5 nitrogen and oxygen atoms in total. The van der Waals surface area contributed by atoms with Gasteiger partial charge in [-0.15, -0.1) is 0 Å². The van der Waals surface area contributed by atoms with E-state index in [1.807, 2.05) is 36.4 Å². The average molecular weight is 409 g/mol. The van der Waals surface area contributed by atoms with Crippen molar-refractivity contribution in [2.75, 3.05) is 12.4 Å². The lowest BCUT2D eigenvalue weighted by Gasteiger charge is -2.44. The average Bonchev–Trinajstić information content (AvgIpc) is 3.43. The molecule has 6 rings (SSSR count). The van der Waals surface area contributed by atoms with Gasteiger partial charge in [-0.1, -0.05) is 48.5 Å². The van der Waals surface area contributed by atoms with Crippen molar-refractivity contribution in [1.29, 1.82) is 0 Å². The maximum absolute atomic E-state index is 6.66. The number of rotatable bonds is 4. The van der Waals surface area contributed by atoms with Crippen molar-refractivity contribution in [3.05, 3.63) is 96.3 Å². The molecule has 0 spiro atoms. The zero-order valence-corrected chi connectivity index (χ0v) is 17.2. The fraction of sp³-hybridized carbons (Fsp3) is 0.154. The molecule has 0 unspecified atom stereocenters. The molecule has 3 aromatic carbocycles. The molecular weight excluding hydrogens is 386 g/mol. The lowest BCUT2D eigenvalue weighted by atomic mass is 9.90. The number of fused-ring (bicyclic) bond motifs is 3. The highest BCUT2D eigenvalue weighted by atomic mass is 16.7. The molecule has 2 aromatic heterocycles. The molecule has 5 aromatic rings. The van der Waals surface area contributed by atoms with Gasteiger partial charge in [-0.25, -0.2) is 0 Å². The number of ether oxygens (including phenoxy) is 2. The van der Waals surface area contributed by atoms with Crippen LogP contribution in [0.25, 0.3) is 21.8 Å². The molecule has 1 aliphatic heterocycles. The van der Waals surface area contributed by atoms with Gasteiger partial charge in [0.2, 0.25) is 5.79 Å². The van der Waals surface area contributed by atoms with Gasteiger partial charge >= 0.3 is 0 Å². The van der Waals surface area contributed by atoms with E-state index in [9.17, 15) is 0 Å². The molecule has 0 saturated carbocycles. The minimum absolute atomic E-state index is 0.211. The second kappa shape index (κ2) is 6.93. The zero-order valence-electron chi connectivity index (χ0n) is 17.2. The fourth-order valence-electron chi connectivity index (χ4n) is 4.75. The Morgan fingerprint density at radius 1 is 0.839 bits per heavy atom. The number of hydrogen-bond acceptors (Lipinski definition) is 3. The van der Waals surface area contributed by atoms with Crippen LogP contribution in [0.3, 0.4) is 0 Å². The summed E-state index contributed by atoms with van der Waals surface area (Å²) in [6.45, 7) is 0. The van der Waals surface area contributed by atoms with Crippen molar-refractivity contribution in [3.8, 4) is 5.75 Å². The summed E-state index contributed by atoms with van der Waals surface area (Å²) in [6, 6.07) is 24.5. The quantitative estimate of drug-likeness (QED) is 0.353. The maximum atomic E-state index is 6.66. The van der Waals surface area contributed by atoms with E-state index in [-0.39, 0.29) is 6.04 Å². The topological polar surface area (TPSA) is 62.1 Å². The molecule has 0 aliphatic carbocycles. The van der Waals surface area contributed by atoms with Crippen molar-refractivity contribution in [2.24, 2.45) is 0 Å². The molecular formula is C26H23N3O2. The lowest BCUT2D eigenvalue weighted by Crippen LogP contribution is -2.51. The molecule has 0 fully saturated rings. The smallest absolute Gasteiger partial charge is 0.239 e. The first-order valence-corrected chi connectivity index (χ1v) is 10.5. The molecule has 154 valence electrons. The van der Waals surface area contributed by atoms with E-state index < -0.39 is 5.79 Å². The molecule has 0 amide bonds. The van der Waals surface area contributed by atoms with Gasteiger partial charge in [0.1, 0.15) is 11.8 Å². The van der Waals surface area contributed by atoms with Crippen LogP contribution >= 0.6 is 0 Å². The number of hydrogen-bond donors (Lipinski definition) is 3. The third kappa shape index (κ3) is 2.81. The second-order valence-electron chi connectivity index (χ2n) is 8.02. The first kappa shape index (κ1) is 18.1. The Hall–Kier alpha value is -3.70. The molecule has 5 heteroatoms. The van der Waals surface area contributed by atoms with E-state index in [1.54, 1.807) is 7.11 Å². The van der Waals surface area contributed by atoms with Crippen molar-refractivity contribution in [2.45, 2.75) is 18.2 Å². The van der Waals surface area contributed by atoms with Gasteiger partial charge in [0, 0.05) is 53.3 Å². The van der Waals surface area contributed by atoms with Crippen molar-refractivity contribution in [3.63, 3.8) is 0 Å². The molecule has 2 atom stereocenters. The predicted octanol–water partition coefficient (Wildman–Crippen LogP) is 5.78. The Bertz CT molecular complexity index is 1390. The van der Waals surface area contributed by atoms with Crippen LogP contribution in [-0.2, 0) is 11.2 Å². The SMILES string of the molecule is CO[C@@]1(Cc2c[nH]c3ccccc23)Oc2ccccc2N[C@@H]1c1c[nH]c2ccccc12. The predicted molar refractivity (Wildman–Crippen MR) is 123 cm³/mol. The maximum Gasteiger partial charge on any atom is 0.239 e. The van der Waals surface area contributed by atoms with Gasteiger partial charge in [0.05, 0.1) is 5.69 Å². The van der Waals surface area contributed by atoms with Crippen LogP contribution in [0.5, 0.6) is 5.75 Å². The van der Waals surface area contributed by atoms with Gasteiger partial charge in [0.25, 0.3) is 0 Å². The first-order valence-electron chi connectivity index (χ1n) is 10.5. The Morgan fingerprint density at radius 3 is 2.35 bits per heavy atom. The highest BCUT2D eigenvalue weighted by molar-refractivity contribution is 5.85. The van der Waals surface area contributed by atoms with Gasteiger partial charge < -0.3 is 24.8 Å². The van der Waals surface area contributed by atoms with Gasteiger partial charge in [-0.05, 0) is 29.8 Å². The van der Waals surface area contributed by atoms with E-state index in [4.69, 9.17) is 9.47 Å². The van der Waals surface area contributed by atoms with Gasteiger partial charge in [0.15, 0.2) is 0 Å². The lowest BCUT2D eigenvalue weighted by molar-refractivity contribution is -0.179. The van der Waals surface area contributed by atoms with Gasteiger partial charge in [-0.2, -0.15) is 0 Å². The summed E-state index contributed by atoms with van der Waals surface area (Å²) in [5, 5.41) is 6.05. The number of benzene rings is 3. The monoisotopic (exact) mass is 409 g/mol. The van der Waals surface area contributed by atoms with Crippen LogP contribution < -0.4 is 10.1 Å². The summed E-state index contributed by atoms with van der Waals surface area (Å²) in [7, 11) is 1.73. The summed E-state index contributed by atoms with van der Waals surface area (Å²) in [4.78, 5) is 6.78. The Kier molecular flexibility index (Phi) is 4.04. The Morgan fingerprint density at radius 2 is 1.52 bits per heavy atom. The van der Waals surface area contributed by atoms with Crippen LogP contribution in [0, 0.1) is 0 Å². The summed E-state index contributed by atoms with van der Waals surface area (Å²) in [5.41, 5.74) is 5.44. The van der Waals surface area contributed by atoms with Crippen LogP contribution in [-0.4, -0.2) is 22.9 Å². The summed E-state index contributed by atoms with van der Waals surface area (Å²) in [6.07, 6.45) is 4.70. The number of nitrogens with one attached hydrogen (secondary N) is 3. The number of aromatic nitrogens is 2. The highest BCUT2D eigenvalue weighted by Crippen LogP contribution is 2.46. The van der Waals surface area contributed by atoms with Gasteiger partial charge in [-0.3, -0.25) is 0 Å². The minimum Gasteiger partial charge on any atom is -0.457 e. The van der Waals surface area contributed by atoms with E-state index in [2.05, 4.69) is 64.1 Å². The normalized spacial score (nSPS) is 20.4. The molecule has 3 N–H and O–H groups in total. The first-order chi connectivity index (χ1) is 15.3. The van der Waals surface area contributed by atoms with Crippen LogP contribution in [0.15, 0.2) is 85.2 Å². The van der Waals surface area contributed by atoms with Crippen molar-refractivity contribution < 1.29 is 9.47 Å². The molecule has 0 saturated heterocycles. The minimum atomic E-state index is -0.926. The standard InChI is InChI=1S/C26H23N3O2/c1-30-26(14-17-15-27-21-10-4-2-8-18(17)21)25(29-23-12-6-7-13-24(23)31-26)20-16-28-22-11-5-3-9-19(20)22/h2-13,15-16,25,27-29H,14H2,1H3/t25-,26+/m1/s1. The number of para-hydroxylation sites is 4. The molecule has 1 aliphatic rings. The number of anilines is 1. The van der Waals surface area contributed by atoms with Crippen molar-refractivity contribution in [1.82, 2.24) is 9.97 Å². The van der Waals surface area contributed by atoms with E-state index in [1.165, 1.54) is 5.39 Å². The molecule has 3 heterocycles. The number of methoxy groups -OCH3 is 1. The second-order valence-corrected chi connectivity index (χ2v) is 8.02. The van der Waals surface area contributed by atoms with Crippen molar-refractivity contribution >= 4 is 27.5 Å². The molecule has 0 bridgehead atoms. The zero-order chi connectivity index (χ0) is 20.8. The number of H-pyrrole nitrogens is 2. The third-order valence-electron chi connectivity index (χ3n) is 6.30. The number of aromatic amines is 2. The Labute approximate surface area is 180 Å². The fourth-order valence-corrected chi connectivity index (χ4v) is 4.75. The Balaban J connectivity index is 1.52. The summed E-state index contributed by atoms with van der Waals surface area (Å²) < 4.78 is 12.9. The molecule has 31 heavy (non-hydrogen) atoms. The van der Waals surface area contributed by atoms with E-state index in [0.29, 0.717) is 6.42 Å². The molecule has 0 radical (unpaired) electrons. The van der Waals surface area contributed by atoms with E-state index >= 15 is 0 Å². The van der Waals surface area contributed by atoms with Crippen LogP contribution in [0.2, 0.25) is 0 Å². The highest BCUT2D eigenvalue weighted by Gasteiger charge is 2.47. The third-order valence-corrected chi connectivity index (χ3v) is 6.30. The summed E-state index contributed by atoms with van der Waals surface area (Å²) in [5.74, 6) is -0.134. The summed E-state index contributed by atoms with van der Waals surface area (Å²) >= 11 is 0. The van der Waals surface area contributed by atoms with Crippen LogP contribution in [0.1, 0.15) is 17.2 Å².